The van der Waals surface area contributed by atoms with Gasteiger partial charge in [0.25, 0.3) is 0 Å². The summed E-state index contributed by atoms with van der Waals surface area (Å²) in [5, 5.41) is 19.4. The van der Waals surface area contributed by atoms with E-state index in [0.29, 0.717) is 4.90 Å². The number of amides is 2. The molecular weight excluding hydrogens is 272 g/mol. The molecule has 0 bridgehead atoms. The molecule has 112 valence electrons. The van der Waals surface area contributed by atoms with Gasteiger partial charge in [-0.1, -0.05) is 0 Å². The molecule has 1 aliphatic heterocycles. The van der Waals surface area contributed by atoms with E-state index in [4.69, 9.17) is 0 Å². The number of urea groups is 1. The third-order valence-corrected chi connectivity index (χ3v) is 2.48. The first-order chi connectivity index (χ1) is 9.42. The van der Waals surface area contributed by atoms with E-state index in [1.165, 1.54) is 6.92 Å². The Bertz CT molecular complexity index is 423. The monoisotopic (exact) mass is 288 g/mol. The zero-order valence-corrected chi connectivity index (χ0v) is 11.1. The molecule has 1 rings (SSSR count). The van der Waals surface area contributed by atoms with Gasteiger partial charge in [0.05, 0.1) is 13.7 Å². The van der Waals surface area contributed by atoms with Crippen molar-refractivity contribution < 1.29 is 34.1 Å². The lowest BCUT2D eigenvalue weighted by molar-refractivity contribution is -0.168. The van der Waals surface area contributed by atoms with Crippen LogP contribution in [-0.2, 0) is 19.1 Å². The highest BCUT2D eigenvalue weighted by molar-refractivity contribution is 5.86. The van der Waals surface area contributed by atoms with Crippen LogP contribution in [0.3, 0.4) is 0 Å². The molecular formula is C11H16N2O7. The fourth-order valence-electron chi connectivity index (χ4n) is 1.50. The Hall–Kier alpha value is -2.13. The Balaban J connectivity index is 2.85. The van der Waals surface area contributed by atoms with Crippen LogP contribution in [0.15, 0.2) is 12.3 Å². The number of carbonyl (C=O) groups excluding carboxylic acids is 3. The first-order valence-electron chi connectivity index (χ1n) is 5.79. The Kier molecular flexibility index (Phi) is 5.47. The summed E-state index contributed by atoms with van der Waals surface area (Å²) in [6.45, 7) is 1.13. The smallest absolute Gasteiger partial charge is 0.356 e. The first-order valence-corrected chi connectivity index (χ1v) is 5.79. The lowest BCUT2D eigenvalue weighted by Crippen LogP contribution is -2.57. The summed E-state index contributed by atoms with van der Waals surface area (Å²) in [6, 6.07) is -0.925. The number of carbonyl (C=O) groups is 3. The summed E-state index contributed by atoms with van der Waals surface area (Å²) in [4.78, 5) is 35.9. The summed E-state index contributed by atoms with van der Waals surface area (Å²) in [6.07, 6.45) is -1.18. The molecule has 0 aromatic heterocycles. The largest absolute Gasteiger partial charge is 0.468 e. The number of aliphatic hydroxyl groups is 2. The molecule has 1 heterocycles. The van der Waals surface area contributed by atoms with Crippen LogP contribution in [0.4, 0.5) is 4.79 Å². The molecule has 0 fully saturated rings. The Morgan fingerprint density at radius 1 is 1.50 bits per heavy atom. The highest BCUT2D eigenvalue weighted by Crippen LogP contribution is 2.15. The second-order valence-corrected chi connectivity index (χ2v) is 3.77. The van der Waals surface area contributed by atoms with Gasteiger partial charge in [0.15, 0.2) is 6.23 Å². The van der Waals surface area contributed by atoms with Gasteiger partial charge in [-0.05, 0) is 13.0 Å². The minimum Gasteiger partial charge on any atom is -0.468 e. The van der Waals surface area contributed by atoms with E-state index in [-0.39, 0.29) is 6.61 Å². The van der Waals surface area contributed by atoms with Crippen LogP contribution < -0.4 is 0 Å². The van der Waals surface area contributed by atoms with E-state index in [1.807, 2.05) is 0 Å². The summed E-state index contributed by atoms with van der Waals surface area (Å²) >= 11 is 0. The molecule has 0 aromatic carbocycles. The lowest BCUT2D eigenvalue weighted by atomic mass is 10.3. The van der Waals surface area contributed by atoms with E-state index >= 15 is 0 Å². The van der Waals surface area contributed by atoms with Crippen molar-refractivity contribution >= 4 is 18.0 Å². The molecule has 0 aliphatic carbocycles. The number of hydrogen-bond donors (Lipinski definition) is 2. The third kappa shape index (κ3) is 3.45. The molecule has 9 nitrogen and oxygen atoms in total. The fourth-order valence-corrected chi connectivity index (χ4v) is 1.50. The van der Waals surface area contributed by atoms with Crippen LogP contribution in [0, 0.1) is 0 Å². The predicted octanol–water partition coefficient (Wildman–Crippen LogP) is -1.39. The van der Waals surface area contributed by atoms with E-state index in [0.717, 1.165) is 24.3 Å². The maximum absolute atomic E-state index is 12.0. The van der Waals surface area contributed by atoms with Crippen molar-refractivity contribution in [1.82, 2.24) is 9.80 Å². The number of rotatable bonds is 5. The van der Waals surface area contributed by atoms with Crippen molar-refractivity contribution in [2.45, 2.75) is 19.4 Å². The molecule has 9 heteroatoms. The molecule has 2 atom stereocenters. The molecule has 0 saturated heterocycles. The van der Waals surface area contributed by atoms with E-state index < -0.39 is 37.0 Å². The topological polar surface area (TPSA) is 117 Å². The summed E-state index contributed by atoms with van der Waals surface area (Å²) in [5.41, 5.74) is 0. The maximum atomic E-state index is 12.0. The van der Waals surface area contributed by atoms with Crippen LogP contribution >= 0.6 is 0 Å². The van der Waals surface area contributed by atoms with Gasteiger partial charge in [0.2, 0.25) is 6.23 Å². The third-order valence-electron chi connectivity index (χ3n) is 2.48. The predicted molar refractivity (Wildman–Crippen MR) is 63.7 cm³/mol. The molecule has 2 amide bonds. The average Bonchev–Trinajstić information content (AvgIpc) is 2.42. The molecule has 1 aliphatic rings. The van der Waals surface area contributed by atoms with Gasteiger partial charge in [-0.3, -0.25) is 14.6 Å². The lowest BCUT2D eigenvalue weighted by Gasteiger charge is -2.35. The van der Waals surface area contributed by atoms with Crippen molar-refractivity contribution in [3.05, 3.63) is 12.3 Å². The molecule has 2 N–H and O–H groups in total. The second kappa shape index (κ2) is 6.87. The van der Waals surface area contributed by atoms with Gasteiger partial charge in [-0.2, -0.15) is 0 Å². The van der Waals surface area contributed by atoms with Gasteiger partial charge in [-0.15, -0.1) is 0 Å². The Morgan fingerprint density at radius 2 is 2.15 bits per heavy atom. The molecule has 0 spiro atoms. The van der Waals surface area contributed by atoms with Gasteiger partial charge in [0.1, 0.15) is 6.54 Å². The van der Waals surface area contributed by atoms with Gasteiger partial charge < -0.3 is 19.7 Å². The van der Waals surface area contributed by atoms with Crippen molar-refractivity contribution in [2.24, 2.45) is 0 Å². The zero-order chi connectivity index (χ0) is 15.3. The molecule has 0 radical (unpaired) electrons. The minimum absolute atomic E-state index is 0.00966. The van der Waals surface area contributed by atoms with E-state index in [1.54, 1.807) is 0 Å². The molecule has 0 aromatic rings. The van der Waals surface area contributed by atoms with Gasteiger partial charge >= 0.3 is 18.0 Å². The zero-order valence-electron chi connectivity index (χ0n) is 11.1. The summed E-state index contributed by atoms with van der Waals surface area (Å²) in [5.74, 6) is -1.77. The number of ether oxygens (including phenoxy) is 2. The van der Waals surface area contributed by atoms with Crippen LogP contribution in [0.5, 0.6) is 0 Å². The second-order valence-electron chi connectivity index (χ2n) is 3.77. The number of methoxy groups -OCH3 is 1. The highest BCUT2D eigenvalue weighted by Gasteiger charge is 2.38. The van der Waals surface area contributed by atoms with E-state index in [2.05, 4.69) is 9.47 Å². The summed E-state index contributed by atoms with van der Waals surface area (Å²) < 4.78 is 8.97. The van der Waals surface area contributed by atoms with Crippen LogP contribution in [0.1, 0.15) is 6.92 Å². The highest BCUT2D eigenvalue weighted by atomic mass is 16.6. The molecule has 0 saturated carbocycles. The molecule has 2 unspecified atom stereocenters. The quantitative estimate of drug-likeness (QED) is 0.598. The fraction of sp³-hybridized carbons (Fsp3) is 0.545. The Morgan fingerprint density at radius 3 is 2.70 bits per heavy atom. The number of nitrogens with zero attached hydrogens (tertiary/aromatic N) is 2. The maximum Gasteiger partial charge on any atom is 0.356 e. The SMILES string of the molecule is CCOC(=O)C(O)N1C(=O)N(CC(=O)OC)C=CC1O. The normalized spacial score (nSPS) is 19.8. The van der Waals surface area contributed by atoms with E-state index in [9.17, 15) is 24.6 Å². The van der Waals surface area contributed by atoms with Crippen LogP contribution in [-0.4, -0.2) is 70.7 Å². The van der Waals surface area contributed by atoms with Crippen molar-refractivity contribution in [1.29, 1.82) is 0 Å². The van der Waals surface area contributed by atoms with Gasteiger partial charge in [0, 0.05) is 6.20 Å². The standard InChI is InChI=1S/C11H16N2O7/c1-3-20-10(17)9(16)13-7(14)4-5-12(11(13)18)6-8(15)19-2/h4-5,7,9,14,16H,3,6H2,1-2H3. The van der Waals surface area contributed by atoms with Crippen molar-refractivity contribution in [2.75, 3.05) is 20.3 Å². The Labute approximate surface area is 115 Å². The minimum atomic E-state index is -1.97. The number of hydrogen-bond acceptors (Lipinski definition) is 7. The number of aliphatic hydroxyl groups excluding tert-OH is 2. The number of esters is 2. The van der Waals surface area contributed by atoms with Crippen LogP contribution in [0.25, 0.3) is 0 Å². The van der Waals surface area contributed by atoms with Gasteiger partial charge in [-0.25, -0.2) is 9.59 Å². The van der Waals surface area contributed by atoms with Crippen molar-refractivity contribution in [3.63, 3.8) is 0 Å². The first kappa shape index (κ1) is 15.9. The summed E-state index contributed by atoms with van der Waals surface area (Å²) in [7, 11) is 1.15. The average molecular weight is 288 g/mol. The van der Waals surface area contributed by atoms with Crippen molar-refractivity contribution in [3.8, 4) is 0 Å². The van der Waals surface area contributed by atoms with Crippen LogP contribution in [0.2, 0.25) is 0 Å². The molecule has 20 heavy (non-hydrogen) atoms.